The molecule has 1 aromatic carbocycles. The van der Waals surface area contributed by atoms with Gasteiger partial charge < -0.3 is 10.1 Å². The van der Waals surface area contributed by atoms with Crippen LogP contribution in [0.15, 0.2) is 18.2 Å². The van der Waals surface area contributed by atoms with Crippen molar-refractivity contribution in [3.05, 3.63) is 23.8 Å². The van der Waals surface area contributed by atoms with Crippen molar-refractivity contribution in [1.82, 2.24) is 0 Å². The second-order valence-electron chi connectivity index (χ2n) is 3.71. The molecule has 19 heavy (non-hydrogen) atoms. The minimum Gasteiger partial charge on any atom is -0.497 e. The number of carbonyl (C=O) groups is 1. The molecule has 3 nitrogen and oxygen atoms in total. The van der Waals surface area contributed by atoms with E-state index in [1.165, 1.54) is 32.2 Å². The highest BCUT2D eigenvalue weighted by molar-refractivity contribution is 5.97. The first-order valence-corrected chi connectivity index (χ1v) is 5.00. The molecule has 0 heterocycles. The molecule has 0 saturated heterocycles. The Morgan fingerprint density at radius 2 is 1.79 bits per heavy atom. The lowest BCUT2D eigenvalue weighted by molar-refractivity contribution is -0.267. The molecule has 0 aliphatic rings. The number of hydrogen-bond acceptors (Lipinski definition) is 2. The van der Waals surface area contributed by atoms with E-state index in [1.807, 2.05) is 0 Å². The Hall–Kier alpha value is -1.86. The number of carbonyl (C=O) groups excluding carboxylic acids is 1. The lowest BCUT2D eigenvalue weighted by atomic mass is 10.2. The maximum Gasteiger partial charge on any atom is 0.463 e. The fourth-order valence-electron chi connectivity index (χ4n) is 1.23. The van der Waals surface area contributed by atoms with E-state index in [2.05, 4.69) is 0 Å². The molecular weight excluding hydrogens is 273 g/mol. The second kappa shape index (κ2) is 5.02. The summed E-state index contributed by atoms with van der Waals surface area (Å²) in [5, 5.41) is 1.54. The van der Waals surface area contributed by atoms with Gasteiger partial charge in [-0.3, -0.25) is 4.79 Å². The molecule has 106 valence electrons. The van der Waals surface area contributed by atoms with Crippen LogP contribution < -0.4 is 10.1 Å². The molecule has 0 fully saturated rings. The number of alkyl halides is 5. The molecule has 8 heteroatoms. The fraction of sp³-hybridized carbons (Fsp3) is 0.364. The highest BCUT2D eigenvalue weighted by Crippen LogP contribution is 2.36. The van der Waals surface area contributed by atoms with Gasteiger partial charge in [0.05, 0.1) is 7.11 Å². The highest BCUT2D eigenvalue weighted by atomic mass is 19.4. The van der Waals surface area contributed by atoms with Gasteiger partial charge in [-0.05, 0) is 30.7 Å². The Kier molecular flexibility index (Phi) is 4.02. The normalized spacial score (nSPS) is 12.2. The van der Waals surface area contributed by atoms with E-state index in [1.54, 1.807) is 5.32 Å². The summed E-state index contributed by atoms with van der Waals surface area (Å²) in [5.41, 5.74) is 0.153. The van der Waals surface area contributed by atoms with Crippen molar-refractivity contribution in [1.29, 1.82) is 0 Å². The first-order valence-electron chi connectivity index (χ1n) is 5.00. The van der Waals surface area contributed by atoms with Crippen molar-refractivity contribution in [2.75, 3.05) is 12.4 Å². The number of methoxy groups -OCH3 is 1. The SMILES string of the molecule is COc1ccc(NC(=O)C(F)(F)C(F)(F)F)c(C)c1. The van der Waals surface area contributed by atoms with Crippen LogP contribution in [0.1, 0.15) is 5.56 Å². The third-order valence-electron chi connectivity index (χ3n) is 2.32. The summed E-state index contributed by atoms with van der Waals surface area (Å²) < 4.78 is 66.2. The molecule has 0 aliphatic heterocycles. The van der Waals surface area contributed by atoms with Crippen molar-refractivity contribution in [2.24, 2.45) is 0 Å². The monoisotopic (exact) mass is 283 g/mol. The molecule has 0 spiro atoms. The number of amides is 1. The summed E-state index contributed by atoms with van der Waals surface area (Å²) in [6.07, 6.45) is -5.93. The number of halogens is 5. The van der Waals surface area contributed by atoms with E-state index in [4.69, 9.17) is 4.74 Å². The maximum absolute atomic E-state index is 12.7. The van der Waals surface area contributed by atoms with Crippen LogP contribution in [0.4, 0.5) is 27.6 Å². The summed E-state index contributed by atoms with van der Waals surface area (Å²) in [6.45, 7) is 1.43. The Bertz CT molecular complexity index is 484. The van der Waals surface area contributed by atoms with E-state index in [0.29, 0.717) is 11.3 Å². The minimum absolute atomic E-state index is 0.144. The summed E-state index contributed by atoms with van der Waals surface area (Å²) in [5.74, 6) is -7.48. The quantitative estimate of drug-likeness (QED) is 0.865. The summed E-state index contributed by atoms with van der Waals surface area (Å²) >= 11 is 0. The molecular formula is C11H10F5NO2. The Morgan fingerprint density at radius 3 is 2.21 bits per heavy atom. The zero-order valence-corrected chi connectivity index (χ0v) is 9.94. The lowest BCUT2D eigenvalue weighted by Gasteiger charge is -2.19. The molecule has 0 aromatic heterocycles. The first-order chi connectivity index (χ1) is 8.59. The first kappa shape index (κ1) is 15.2. The van der Waals surface area contributed by atoms with Crippen molar-refractivity contribution in [3.8, 4) is 5.75 Å². The van der Waals surface area contributed by atoms with Gasteiger partial charge in [-0.15, -0.1) is 0 Å². The van der Waals surface area contributed by atoms with Gasteiger partial charge in [-0.2, -0.15) is 22.0 Å². The Labute approximate surface area is 105 Å². The number of nitrogens with one attached hydrogen (secondary N) is 1. The van der Waals surface area contributed by atoms with Crippen LogP contribution in [-0.2, 0) is 4.79 Å². The molecule has 0 bridgehead atoms. The molecule has 0 radical (unpaired) electrons. The largest absolute Gasteiger partial charge is 0.497 e. The topological polar surface area (TPSA) is 38.3 Å². The van der Waals surface area contributed by atoms with Gasteiger partial charge in [0.1, 0.15) is 5.75 Å². The number of ether oxygens (including phenoxy) is 1. The van der Waals surface area contributed by atoms with Gasteiger partial charge in [0.2, 0.25) is 0 Å². The van der Waals surface area contributed by atoms with Gasteiger partial charge >= 0.3 is 18.0 Å². The maximum atomic E-state index is 12.7. The van der Waals surface area contributed by atoms with E-state index in [0.717, 1.165) is 0 Å². The van der Waals surface area contributed by atoms with E-state index < -0.39 is 18.0 Å². The van der Waals surface area contributed by atoms with Crippen LogP contribution >= 0.6 is 0 Å². The van der Waals surface area contributed by atoms with E-state index in [-0.39, 0.29) is 5.69 Å². The minimum atomic E-state index is -5.93. The lowest BCUT2D eigenvalue weighted by Crippen LogP contribution is -2.47. The third kappa shape index (κ3) is 3.12. The summed E-state index contributed by atoms with van der Waals surface area (Å²) in [7, 11) is 1.37. The van der Waals surface area contributed by atoms with Crippen molar-refractivity contribution in [2.45, 2.75) is 19.0 Å². The average molecular weight is 283 g/mol. The van der Waals surface area contributed by atoms with Crippen molar-refractivity contribution in [3.63, 3.8) is 0 Å². The van der Waals surface area contributed by atoms with Crippen LogP contribution in [0.25, 0.3) is 0 Å². The molecule has 1 amide bonds. The van der Waals surface area contributed by atoms with Crippen LogP contribution in [0.2, 0.25) is 0 Å². The zero-order valence-electron chi connectivity index (χ0n) is 9.94. The Morgan fingerprint density at radius 1 is 1.21 bits per heavy atom. The number of rotatable bonds is 3. The zero-order chi connectivity index (χ0) is 14.8. The standard InChI is InChI=1S/C11H10F5NO2/c1-6-5-7(19-2)3-4-8(6)17-9(18)10(12,13)11(14,15)16/h3-5H,1-2H3,(H,17,18). The molecule has 0 unspecified atom stereocenters. The number of hydrogen-bond donors (Lipinski definition) is 1. The number of benzene rings is 1. The molecule has 1 aromatic rings. The van der Waals surface area contributed by atoms with Crippen LogP contribution in [0.5, 0.6) is 5.75 Å². The van der Waals surface area contributed by atoms with Crippen LogP contribution in [-0.4, -0.2) is 25.1 Å². The molecule has 0 aliphatic carbocycles. The van der Waals surface area contributed by atoms with Crippen molar-refractivity contribution >= 4 is 11.6 Å². The third-order valence-corrected chi connectivity index (χ3v) is 2.32. The van der Waals surface area contributed by atoms with Crippen molar-refractivity contribution < 1.29 is 31.5 Å². The van der Waals surface area contributed by atoms with Gasteiger partial charge in [-0.1, -0.05) is 0 Å². The van der Waals surface area contributed by atoms with Gasteiger partial charge in [0.25, 0.3) is 0 Å². The number of anilines is 1. The average Bonchev–Trinajstić information content (AvgIpc) is 2.30. The number of aryl methyl sites for hydroxylation is 1. The predicted octanol–water partition coefficient (Wildman–Crippen LogP) is 3.14. The molecule has 1 rings (SSSR count). The summed E-state index contributed by atoms with van der Waals surface area (Å²) in [6, 6.07) is 3.90. The fourth-order valence-corrected chi connectivity index (χ4v) is 1.23. The van der Waals surface area contributed by atoms with Crippen LogP contribution in [0, 0.1) is 6.92 Å². The predicted molar refractivity (Wildman–Crippen MR) is 57.4 cm³/mol. The smallest absolute Gasteiger partial charge is 0.463 e. The van der Waals surface area contributed by atoms with Gasteiger partial charge in [0, 0.05) is 5.69 Å². The van der Waals surface area contributed by atoms with Gasteiger partial charge in [-0.25, -0.2) is 0 Å². The van der Waals surface area contributed by atoms with E-state index in [9.17, 15) is 26.7 Å². The molecule has 0 atom stereocenters. The Balaban J connectivity index is 2.95. The molecule has 0 saturated carbocycles. The van der Waals surface area contributed by atoms with E-state index >= 15 is 0 Å². The van der Waals surface area contributed by atoms with Gasteiger partial charge in [0.15, 0.2) is 0 Å². The van der Waals surface area contributed by atoms with Crippen LogP contribution in [0.3, 0.4) is 0 Å². The summed E-state index contributed by atoms with van der Waals surface area (Å²) in [4.78, 5) is 11.0. The highest BCUT2D eigenvalue weighted by Gasteiger charge is 2.63. The second-order valence-corrected chi connectivity index (χ2v) is 3.71. The molecule has 1 N–H and O–H groups in total.